The minimum absolute atomic E-state index is 0.0622. The Hall–Kier alpha value is -6.04. The van der Waals surface area contributed by atoms with Crippen LogP contribution in [-0.2, 0) is 23.8 Å². The van der Waals surface area contributed by atoms with Gasteiger partial charge in [0.2, 0.25) is 11.8 Å². The minimum Gasteiger partial charge on any atom is -0.382 e. The normalized spacial score (nSPS) is 20.1. The third-order valence-electron chi connectivity index (χ3n) is 10.5. The number of hydrogen-bond donors (Lipinski definition) is 5. The molecule has 1 saturated heterocycles. The molecule has 302 valence electrons. The van der Waals surface area contributed by atoms with Crippen molar-refractivity contribution in [3.8, 4) is 0 Å². The molecule has 0 radical (unpaired) electrons. The van der Waals surface area contributed by atoms with Gasteiger partial charge in [0.1, 0.15) is 17.7 Å². The van der Waals surface area contributed by atoms with Gasteiger partial charge >= 0.3 is 0 Å². The summed E-state index contributed by atoms with van der Waals surface area (Å²) in [5, 5.41) is 16.2. The Morgan fingerprint density at radius 2 is 1.66 bits per heavy atom. The van der Waals surface area contributed by atoms with Gasteiger partial charge in [-0.15, -0.1) is 0 Å². The maximum atomic E-state index is 13.3. The summed E-state index contributed by atoms with van der Waals surface area (Å²) in [6, 6.07) is 11.9. The highest BCUT2D eigenvalue weighted by Crippen LogP contribution is 2.33. The average Bonchev–Trinajstić information content (AvgIpc) is 3.99. The molecule has 4 aliphatic rings. The van der Waals surface area contributed by atoms with Crippen molar-refractivity contribution in [2.75, 3.05) is 62.1 Å². The molecule has 1 atom stereocenters. The van der Waals surface area contributed by atoms with Crippen LogP contribution < -0.4 is 26.6 Å². The number of benzene rings is 1. The second-order valence-corrected chi connectivity index (χ2v) is 14.8. The van der Waals surface area contributed by atoms with E-state index in [1.54, 1.807) is 36.8 Å². The number of nitrogens with zero attached hydrogens (tertiary/aromatic N) is 4. The van der Waals surface area contributed by atoms with Gasteiger partial charge in [0.15, 0.2) is 0 Å². The van der Waals surface area contributed by atoms with Crippen molar-refractivity contribution in [3.63, 3.8) is 0 Å². The number of aromatic nitrogens is 3. The molecule has 3 aromatic heterocycles. The molecule has 2 aliphatic carbocycles. The summed E-state index contributed by atoms with van der Waals surface area (Å²) in [5.74, 6) is -0.711. The molecule has 0 spiro atoms. The Morgan fingerprint density at radius 1 is 0.845 bits per heavy atom. The Kier molecular flexibility index (Phi) is 11.8. The molecule has 0 bridgehead atoms. The first-order valence-electron chi connectivity index (χ1n) is 19.7. The van der Waals surface area contributed by atoms with Crippen molar-refractivity contribution in [2.45, 2.75) is 56.7 Å². The Labute approximate surface area is 334 Å². The molecule has 17 nitrogen and oxygen atoms in total. The third-order valence-corrected chi connectivity index (χ3v) is 10.5. The molecule has 2 saturated carbocycles. The number of hydrogen-bond acceptors (Lipinski definition) is 14. The molecule has 3 fully saturated rings. The van der Waals surface area contributed by atoms with Gasteiger partial charge in [0.25, 0.3) is 17.7 Å². The van der Waals surface area contributed by atoms with Crippen molar-refractivity contribution < 1.29 is 38.2 Å². The van der Waals surface area contributed by atoms with Crippen LogP contribution in [0.2, 0.25) is 0 Å². The van der Waals surface area contributed by atoms with Crippen LogP contribution in [0.1, 0.15) is 69.6 Å². The number of carbonyl (C=O) groups excluding carboxylic acids is 5. The Bertz CT molecular complexity index is 2210. The molecule has 17 heteroatoms. The average molecular weight is 792 g/mol. The van der Waals surface area contributed by atoms with E-state index < -0.39 is 29.7 Å². The van der Waals surface area contributed by atoms with E-state index in [2.05, 4.69) is 41.5 Å². The smallest absolute Gasteiger partial charge is 0.264 e. The van der Waals surface area contributed by atoms with Gasteiger partial charge in [-0.2, -0.15) is 0 Å². The van der Waals surface area contributed by atoms with Crippen LogP contribution in [-0.4, -0.2) is 114 Å². The molecule has 58 heavy (non-hydrogen) atoms. The fraction of sp³-hybridized carbons (Fsp3) is 0.415. The zero-order valence-corrected chi connectivity index (χ0v) is 31.8. The molecule has 1 unspecified atom stereocenters. The summed E-state index contributed by atoms with van der Waals surface area (Å²) < 4.78 is 17.1. The lowest BCUT2D eigenvalue weighted by atomic mass is 9.81. The van der Waals surface area contributed by atoms with Gasteiger partial charge in [-0.25, -0.2) is 9.97 Å². The van der Waals surface area contributed by atoms with Crippen LogP contribution in [0.25, 0.3) is 10.9 Å². The van der Waals surface area contributed by atoms with E-state index in [0.29, 0.717) is 81.0 Å². The number of rotatable bonds is 19. The first-order valence-corrected chi connectivity index (χ1v) is 19.7. The van der Waals surface area contributed by atoms with Gasteiger partial charge in [-0.3, -0.25) is 39.2 Å². The zero-order chi connectivity index (χ0) is 40.0. The molecule has 1 aromatic carbocycles. The molecule has 2 aliphatic heterocycles. The topological polar surface area (TPSA) is 215 Å². The van der Waals surface area contributed by atoms with Gasteiger partial charge < -0.3 is 35.5 Å². The summed E-state index contributed by atoms with van der Waals surface area (Å²) in [6.07, 6.45) is 9.06. The number of fused-ring (bicyclic) bond motifs is 2. The van der Waals surface area contributed by atoms with E-state index in [9.17, 15) is 24.0 Å². The van der Waals surface area contributed by atoms with Crippen LogP contribution in [0.5, 0.6) is 0 Å². The van der Waals surface area contributed by atoms with E-state index >= 15 is 0 Å². The van der Waals surface area contributed by atoms with Crippen LogP contribution in [0.15, 0.2) is 61.1 Å². The first kappa shape index (κ1) is 38.8. The highest BCUT2D eigenvalue weighted by Gasteiger charge is 2.45. The summed E-state index contributed by atoms with van der Waals surface area (Å²) in [6.45, 7) is 2.93. The monoisotopic (exact) mass is 791 g/mol. The number of ether oxygens (including phenoxy) is 3. The van der Waals surface area contributed by atoms with Crippen molar-refractivity contribution in [2.24, 2.45) is 5.92 Å². The lowest BCUT2D eigenvalue weighted by Gasteiger charge is -2.35. The molecule has 8 rings (SSSR count). The van der Waals surface area contributed by atoms with Gasteiger partial charge in [0, 0.05) is 67.4 Å². The molecular formula is C41H45N9O8. The largest absolute Gasteiger partial charge is 0.382 e. The summed E-state index contributed by atoms with van der Waals surface area (Å²) in [7, 11) is 0. The summed E-state index contributed by atoms with van der Waals surface area (Å²) in [4.78, 5) is 77.7. The number of imide groups is 2. The predicted octanol–water partition coefficient (Wildman–Crippen LogP) is 3.41. The molecule has 5 amide bonds. The molecule has 5 N–H and O–H groups in total. The summed E-state index contributed by atoms with van der Waals surface area (Å²) >= 11 is 0. The number of anilines is 4. The van der Waals surface area contributed by atoms with Crippen molar-refractivity contribution in [1.29, 1.82) is 0 Å². The lowest BCUT2D eigenvalue weighted by Crippen LogP contribution is -2.54. The number of carbonyl (C=O) groups is 5. The summed E-state index contributed by atoms with van der Waals surface area (Å²) in [5.41, 5.74) is 2.99. The zero-order valence-electron chi connectivity index (χ0n) is 31.8. The van der Waals surface area contributed by atoms with E-state index in [4.69, 9.17) is 14.2 Å². The lowest BCUT2D eigenvalue weighted by molar-refractivity contribution is -0.136. The van der Waals surface area contributed by atoms with E-state index in [0.717, 1.165) is 47.2 Å². The van der Waals surface area contributed by atoms with Crippen molar-refractivity contribution in [1.82, 2.24) is 30.5 Å². The highest BCUT2D eigenvalue weighted by molar-refractivity contribution is 6.25. The van der Waals surface area contributed by atoms with Crippen LogP contribution in [0.4, 0.5) is 23.0 Å². The van der Waals surface area contributed by atoms with Crippen LogP contribution in [0.3, 0.4) is 0 Å². The number of amides is 5. The number of pyridine rings is 3. The number of piperidine rings is 1. The Balaban J connectivity index is 0.686. The van der Waals surface area contributed by atoms with Gasteiger partial charge in [-0.05, 0) is 68.4 Å². The van der Waals surface area contributed by atoms with Crippen molar-refractivity contribution >= 4 is 63.4 Å². The molecular weight excluding hydrogens is 747 g/mol. The third kappa shape index (κ3) is 9.06. The van der Waals surface area contributed by atoms with Gasteiger partial charge in [-0.1, -0.05) is 6.07 Å². The van der Waals surface area contributed by atoms with Crippen LogP contribution >= 0.6 is 0 Å². The van der Waals surface area contributed by atoms with Crippen molar-refractivity contribution in [3.05, 3.63) is 77.7 Å². The minimum atomic E-state index is -1.02. The maximum absolute atomic E-state index is 13.3. The fourth-order valence-corrected chi connectivity index (χ4v) is 7.30. The SMILES string of the molecule is O=C1CCC(N2C(=O)c3cccc(NCCOCCOCCOCC4CC(NC(=O)c5cnc(Nc6ccc7cnccc7n6)cc5NC5CC5)C4)c3C2=O)C(=O)N1. The van der Waals surface area contributed by atoms with E-state index in [1.807, 2.05) is 24.3 Å². The first-order chi connectivity index (χ1) is 28.3. The van der Waals surface area contributed by atoms with E-state index in [1.165, 1.54) is 0 Å². The second-order valence-electron chi connectivity index (χ2n) is 14.8. The molecule has 4 aromatic rings. The van der Waals surface area contributed by atoms with E-state index in [-0.39, 0.29) is 35.9 Å². The highest BCUT2D eigenvalue weighted by atomic mass is 16.5. The maximum Gasteiger partial charge on any atom is 0.264 e. The second kappa shape index (κ2) is 17.6. The van der Waals surface area contributed by atoms with Crippen LogP contribution in [0, 0.1) is 5.92 Å². The standard InChI is InChI=1S/C41H45N9O8/c51-36-9-7-33(39(53)49-36)50-40(54)28-2-1-3-31(37(28)41(50)55)43-12-13-56-14-15-57-16-17-58-23-24-18-27(19-24)46-38(52)29-22-44-35(20-32(29)45-26-5-6-26)48-34-8-4-25-21-42-11-10-30(25)47-34/h1-4,8,10-11,20-22,24,26-27,33,43H,5-7,9,12-19,23H2,(H,46,52)(H,49,51,53)(H2,44,45,47,48). The predicted molar refractivity (Wildman–Crippen MR) is 212 cm³/mol. The number of nitrogens with one attached hydrogen (secondary N) is 5. The fourth-order valence-electron chi connectivity index (χ4n) is 7.30. The quantitative estimate of drug-likeness (QED) is 0.0680. The van der Waals surface area contributed by atoms with Gasteiger partial charge in [0.05, 0.1) is 60.9 Å². The Morgan fingerprint density at radius 3 is 2.47 bits per heavy atom. The molecule has 5 heterocycles.